The van der Waals surface area contributed by atoms with Crippen molar-refractivity contribution >= 4 is 33.0 Å². The molecule has 0 aliphatic carbocycles. The standard InChI is InChI=1S/C8H7ClN2S/c9-8-6-3-5(4-10)12-7(6)1-2-11-8/h1-3H,4,10H2. The van der Waals surface area contributed by atoms with Crippen molar-refractivity contribution in [1.29, 1.82) is 0 Å². The van der Waals surface area contributed by atoms with E-state index >= 15 is 0 Å². The molecular weight excluding hydrogens is 192 g/mol. The number of fused-ring (bicyclic) bond motifs is 1. The third-order valence-electron chi connectivity index (χ3n) is 1.65. The van der Waals surface area contributed by atoms with Crippen LogP contribution in [0.1, 0.15) is 4.88 Å². The topological polar surface area (TPSA) is 38.9 Å². The van der Waals surface area contributed by atoms with Crippen LogP contribution in [0.2, 0.25) is 5.15 Å². The minimum absolute atomic E-state index is 0.559. The van der Waals surface area contributed by atoms with E-state index in [9.17, 15) is 0 Å². The van der Waals surface area contributed by atoms with Crippen LogP contribution in [-0.4, -0.2) is 4.98 Å². The first-order valence-electron chi connectivity index (χ1n) is 3.54. The van der Waals surface area contributed by atoms with E-state index in [2.05, 4.69) is 4.98 Å². The molecule has 2 rings (SSSR count). The van der Waals surface area contributed by atoms with E-state index in [0.29, 0.717) is 11.7 Å². The summed E-state index contributed by atoms with van der Waals surface area (Å²) in [5.74, 6) is 0. The molecule has 0 aliphatic heterocycles. The molecule has 0 aromatic carbocycles. The molecule has 0 saturated heterocycles. The highest BCUT2D eigenvalue weighted by Crippen LogP contribution is 2.28. The smallest absolute Gasteiger partial charge is 0.137 e. The van der Waals surface area contributed by atoms with Crippen LogP contribution in [-0.2, 0) is 6.54 Å². The maximum Gasteiger partial charge on any atom is 0.137 e. The fourth-order valence-corrected chi connectivity index (χ4v) is 2.29. The molecule has 2 aromatic rings. The Labute approximate surface area is 79.0 Å². The highest BCUT2D eigenvalue weighted by atomic mass is 35.5. The van der Waals surface area contributed by atoms with Gasteiger partial charge in [-0.05, 0) is 12.1 Å². The molecule has 0 fully saturated rings. The van der Waals surface area contributed by atoms with E-state index in [-0.39, 0.29) is 0 Å². The van der Waals surface area contributed by atoms with Gasteiger partial charge in [-0.1, -0.05) is 11.6 Å². The van der Waals surface area contributed by atoms with Gasteiger partial charge in [-0.15, -0.1) is 11.3 Å². The van der Waals surface area contributed by atoms with E-state index in [4.69, 9.17) is 17.3 Å². The van der Waals surface area contributed by atoms with Crippen LogP contribution in [0.15, 0.2) is 18.3 Å². The van der Waals surface area contributed by atoms with Gasteiger partial charge in [0.1, 0.15) is 5.15 Å². The van der Waals surface area contributed by atoms with Crippen molar-refractivity contribution in [3.8, 4) is 0 Å². The zero-order valence-electron chi connectivity index (χ0n) is 6.25. The highest BCUT2D eigenvalue weighted by Gasteiger charge is 2.03. The molecule has 0 unspecified atom stereocenters. The Kier molecular flexibility index (Phi) is 2.00. The van der Waals surface area contributed by atoms with Crippen LogP contribution < -0.4 is 5.73 Å². The first-order valence-corrected chi connectivity index (χ1v) is 4.73. The lowest BCUT2D eigenvalue weighted by Gasteiger charge is -1.88. The molecule has 0 bridgehead atoms. The quantitative estimate of drug-likeness (QED) is 0.715. The second-order valence-corrected chi connectivity index (χ2v) is 3.96. The number of nitrogens with two attached hydrogens (primary N) is 1. The zero-order valence-corrected chi connectivity index (χ0v) is 7.82. The summed E-state index contributed by atoms with van der Waals surface area (Å²) in [6, 6.07) is 3.94. The van der Waals surface area contributed by atoms with Gasteiger partial charge in [-0.3, -0.25) is 0 Å². The van der Waals surface area contributed by atoms with Crippen molar-refractivity contribution < 1.29 is 0 Å². The van der Waals surface area contributed by atoms with Gasteiger partial charge >= 0.3 is 0 Å². The molecule has 2 N–H and O–H groups in total. The second-order valence-electron chi connectivity index (χ2n) is 2.43. The zero-order chi connectivity index (χ0) is 8.55. The monoisotopic (exact) mass is 198 g/mol. The van der Waals surface area contributed by atoms with E-state index < -0.39 is 0 Å². The Morgan fingerprint density at radius 1 is 1.58 bits per heavy atom. The maximum absolute atomic E-state index is 5.88. The lowest BCUT2D eigenvalue weighted by molar-refractivity contribution is 1.11. The Balaban J connectivity index is 2.74. The Bertz CT molecular complexity index is 410. The van der Waals surface area contributed by atoms with Gasteiger partial charge in [0.2, 0.25) is 0 Å². The Morgan fingerprint density at radius 3 is 3.08 bits per heavy atom. The first-order chi connectivity index (χ1) is 5.81. The van der Waals surface area contributed by atoms with E-state index in [1.165, 1.54) is 0 Å². The normalized spacial score (nSPS) is 10.8. The highest BCUT2D eigenvalue weighted by molar-refractivity contribution is 7.19. The van der Waals surface area contributed by atoms with Crippen LogP contribution in [0, 0.1) is 0 Å². The average Bonchev–Trinajstić information content (AvgIpc) is 2.49. The maximum atomic E-state index is 5.88. The molecule has 2 heterocycles. The van der Waals surface area contributed by atoms with Gasteiger partial charge in [0.15, 0.2) is 0 Å². The summed E-state index contributed by atoms with van der Waals surface area (Å²) >= 11 is 7.54. The third-order valence-corrected chi connectivity index (χ3v) is 3.07. The van der Waals surface area contributed by atoms with E-state index in [0.717, 1.165) is 15.0 Å². The minimum Gasteiger partial charge on any atom is -0.326 e. The van der Waals surface area contributed by atoms with Crippen LogP contribution in [0.3, 0.4) is 0 Å². The van der Waals surface area contributed by atoms with Crippen molar-refractivity contribution in [1.82, 2.24) is 4.98 Å². The molecule has 4 heteroatoms. The number of pyridine rings is 1. The summed E-state index contributed by atoms with van der Waals surface area (Å²) in [5.41, 5.74) is 5.51. The van der Waals surface area contributed by atoms with Crippen molar-refractivity contribution in [3.05, 3.63) is 28.4 Å². The number of rotatable bonds is 1. The fraction of sp³-hybridized carbons (Fsp3) is 0.125. The predicted molar refractivity (Wildman–Crippen MR) is 52.5 cm³/mol. The number of halogens is 1. The summed E-state index contributed by atoms with van der Waals surface area (Å²) < 4.78 is 1.15. The largest absolute Gasteiger partial charge is 0.326 e. The molecule has 12 heavy (non-hydrogen) atoms. The van der Waals surface area contributed by atoms with Crippen LogP contribution in [0.5, 0.6) is 0 Å². The molecule has 62 valence electrons. The third kappa shape index (κ3) is 1.20. The molecule has 0 radical (unpaired) electrons. The second kappa shape index (κ2) is 3.01. The van der Waals surface area contributed by atoms with Gasteiger partial charge in [0.25, 0.3) is 0 Å². The van der Waals surface area contributed by atoms with Crippen molar-refractivity contribution in [3.63, 3.8) is 0 Å². The van der Waals surface area contributed by atoms with Gasteiger partial charge < -0.3 is 5.73 Å². The molecule has 0 amide bonds. The summed E-state index contributed by atoms with van der Waals surface area (Å²) in [6.45, 7) is 0.565. The number of nitrogens with zero attached hydrogens (tertiary/aromatic N) is 1. The summed E-state index contributed by atoms with van der Waals surface area (Å²) in [7, 11) is 0. The molecule has 0 atom stereocenters. The van der Waals surface area contributed by atoms with Gasteiger partial charge in [-0.2, -0.15) is 0 Å². The van der Waals surface area contributed by atoms with Gasteiger partial charge in [0.05, 0.1) is 0 Å². The molecule has 0 spiro atoms. The van der Waals surface area contributed by atoms with Gasteiger partial charge in [-0.25, -0.2) is 4.98 Å². The van der Waals surface area contributed by atoms with Crippen molar-refractivity contribution in [2.24, 2.45) is 5.73 Å². The summed E-state index contributed by atoms with van der Waals surface area (Å²) in [5, 5.41) is 1.56. The minimum atomic E-state index is 0.559. The van der Waals surface area contributed by atoms with Gasteiger partial charge in [0, 0.05) is 27.7 Å². The van der Waals surface area contributed by atoms with E-state index in [1.807, 2.05) is 12.1 Å². The average molecular weight is 199 g/mol. The molecule has 0 aliphatic rings. The van der Waals surface area contributed by atoms with Crippen molar-refractivity contribution in [2.45, 2.75) is 6.54 Å². The summed E-state index contributed by atoms with van der Waals surface area (Å²) in [6.07, 6.45) is 1.71. The first kappa shape index (κ1) is 7.98. The predicted octanol–water partition coefficient (Wildman–Crippen LogP) is 2.41. The Hall–Kier alpha value is -0.640. The number of hydrogen-bond donors (Lipinski definition) is 1. The Morgan fingerprint density at radius 2 is 2.42 bits per heavy atom. The number of hydrogen-bond acceptors (Lipinski definition) is 3. The lowest BCUT2D eigenvalue weighted by atomic mass is 10.3. The van der Waals surface area contributed by atoms with Crippen LogP contribution in [0.25, 0.3) is 10.1 Å². The number of aromatic nitrogens is 1. The lowest BCUT2D eigenvalue weighted by Crippen LogP contribution is -1.91. The number of thiophene rings is 1. The van der Waals surface area contributed by atoms with Crippen molar-refractivity contribution in [2.75, 3.05) is 0 Å². The van der Waals surface area contributed by atoms with Crippen LogP contribution >= 0.6 is 22.9 Å². The SMILES string of the molecule is NCc1cc2c(Cl)nccc2s1. The molecule has 0 saturated carbocycles. The molecule has 2 aromatic heterocycles. The summed E-state index contributed by atoms with van der Waals surface area (Å²) in [4.78, 5) is 5.13. The molecular formula is C8H7ClN2S. The fourth-order valence-electron chi connectivity index (χ4n) is 1.08. The molecule has 2 nitrogen and oxygen atoms in total. The van der Waals surface area contributed by atoms with E-state index in [1.54, 1.807) is 17.5 Å². The van der Waals surface area contributed by atoms with Crippen LogP contribution in [0.4, 0.5) is 0 Å².